The maximum Gasteiger partial charge on any atom is 0.0145 e. The van der Waals surface area contributed by atoms with E-state index in [1.54, 1.807) is 0 Å². The lowest BCUT2D eigenvalue weighted by Crippen LogP contribution is -2.44. The summed E-state index contributed by atoms with van der Waals surface area (Å²) in [5, 5.41) is 3.95. The summed E-state index contributed by atoms with van der Waals surface area (Å²) >= 11 is 0. The average Bonchev–Trinajstić information content (AvgIpc) is 3.05. The molecule has 110 valence electrons. The fourth-order valence-corrected chi connectivity index (χ4v) is 4.71. The molecule has 1 nitrogen and oxygen atoms in total. The monoisotopic (exact) mass is 271 g/mol. The lowest BCUT2D eigenvalue weighted by molar-refractivity contribution is 0.0842. The Morgan fingerprint density at radius 2 is 1.55 bits per heavy atom. The SMILES string of the molecule is CC1(C)CC(NC2CC2c2ccccc2)CC(C)(C)C1. The Hall–Kier alpha value is -0.820. The lowest BCUT2D eigenvalue weighted by atomic mass is 9.63. The highest BCUT2D eigenvalue weighted by Crippen LogP contribution is 2.48. The van der Waals surface area contributed by atoms with E-state index >= 15 is 0 Å². The van der Waals surface area contributed by atoms with Crippen LogP contribution >= 0.6 is 0 Å². The third-order valence-electron chi connectivity index (χ3n) is 5.02. The van der Waals surface area contributed by atoms with Crippen molar-refractivity contribution in [2.75, 3.05) is 0 Å². The topological polar surface area (TPSA) is 12.0 Å². The van der Waals surface area contributed by atoms with Crippen LogP contribution in [0.4, 0.5) is 0 Å². The van der Waals surface area contributed by atoms with Crippen molar-refractivity contribution >= 4 is 0 Å². The molecule has 2 saturated carbocycles. The quantitative estimate of drug-likeness (QED) is 0.837. The molecule has 2 fully saturated rings. The van der Waals surface area contributed by atoms with Gasteiger partial charge in [0.15, 0.2) is 0 Å². The minimum atomic E-state index is 0.483. The minimum Gasteiger partial charge on any atom is -0.311 e. The molecule has 0 spiro atoms. The molecule has 0 heterocycles. The van der Waals surface area contributed by atoms with E-state index < -0.39 is 0 Å². The molecule has 0 aliphatic heterocycles. The number of benzene rings is 1. The number of nitrogens with one attached hydrogen (secondary N) is 1. The molecule has 1 aromatic carbocycles. The molecule has 1 N–H and O–H groups in total. The van der Waals surface area contributed by atoms with Gasteiger partial charge in [0.2, 0.25) is 0 Å². The zero-order chi connectivity index (χ0) is 14.4. The molecule has 0 bridgehead atoms. The number of hydrogen-bond acceptors (Lipinski definition) is 1. The van der Waals surface area contributed by atoms with Gasteiger partial charge in [-0.1, -0.05) is 58.0 Å². The van der Waals surface area contributed by atoms with Crippen molar-refractivity contribution in [3.63, 3.8) is 0 Å². The molecule has 0 amide bonds. The van der Waals surface area contributed by atoms with Crippen LogP contribution in [0.1, 0.15) is 64.9 Å². The van der Waals surface area contributed by atoms with E-state index in [4.69, 9.17) is 0 Å². The second-order valence-electron chi connectivity index (χ2n) is 8.64. The van der Waals surface area contributed by atoms with Gasteiger partial charge in [0.1, 0.15) is 0 Å². The van der Waals surface area contributed by atoms with Gasteiger partial charge in [-0.15, -0.1) is 0 Å². The Kier molecular flexibility index (Phi) is 3.44. The van der Waals surface area contributed by atoms with Crippen LogP contribution < -0.4 is 5.32 Å². The van der Waals surface area contributed by atoms with Crippen molar-refractivity contribution in [3.8, 4) is 0 Å². The normalized spacial score (nSPS) is 32.0. The molecule has 0 saturated heterocycles. The van der Waals surface area contributed by atoms with E-state index in [9.17, 15) is 0 Å². The van der Waals surface area contributed by atoms with Crippen LogP contribution in [0.15, 0.2) is 30.3 Å². The summed E-state index contributed by atoms with van der Waals surface area (Å²) in [5.74, 6) is 0.754. The zero-order valence-corrected chi connectivity index (χ0v) is 13.4. The number of rotatable bonds is 3. The molecule has 2 unspecified atom stereocenters. The number of hydrogen-bond donors (Lipinski definition) is 1. The molecule has 1 heteroatoms. The molecule has 2 aliphatic carbocycles. The third kappa shape index (κ3) is 3.25. The van der Waals surface area contributed by atoms with Gasteiger partial charge in [0.05, 0.1) is 0 Å². The van der Waals surface area contributed by atoms with Crippen LogP contribution in [0.2, 0.25) is 0 Å². The zero-order valence-electron chi connectivity index (χ0n) is 13.4. The van der Waals surface area contributed by atoms with Gasteiger partial charge in [-0.3, -0.25) is 0 Å². The fourth-order valence-electron chi connectivity index (χ4n) is 4.71. The van der Waals surface area contributed by atoms with E-state index in [2.05, 4.69) is 63.3 Å². The summed E-state index contributed by atoms with van der Waals surface area (Å²) in [6, 6.07) is 12.4. The predicted octanol–water partition coefficient (Wildman–Crippen LogP) is 4.74. The maximum atomic E-state index is 3.95. The van der Waals surface area contributed by atoms with Crippen molar-refractivity contribution in [2.45, 2.75) is 71.4 Å². The van der Waals surface area contributed by atoms with Crippen molar-refractivity contribution in [1.29, 1.82) is 0 Å². The molecule has 1 aromatic rings. The van der Waals surface area contributed by atoms with E-state index in [0.29, 0.717) is 22.9 Å². The van der Waals surface area contributed by atoms with E-state index in [-0.39, 0.29) is 0 Å². The Balaban J connectivity index is 1.60. The molecular weight excluding hydrogens is 242 g/mol. The largest absolute Gasteiger partial charge is 0.311 e. The second kappa shape index (κ2) is 4.87. The van der Waals surface area contributed by atoms with Crippen molar-refractivity contribution < 1.29 is 0 Å². The summed E-state index contributed by atoms with van der Waals surface area (Å²) in [4.78, 5) is 0. The molecular formula is C19H29N. The van der Waals surface area contributed by atoms with E-state index in [0.717, 1.165) is 5.92 Å². The summed E-state index contributed by atoms with van der Waals surface area (Å²) in [6.07, 6.45) is 5.33. The first-order chi connectivity index (χ1) is 9.35. The van der Waals surface area contributed by atoms with Crippen molar-refractivity contribution in [1.82, 2.24) is 5.32 Å². The lowest BCUT2D eigenvalue weighted by Gasteiger charge is -2.45. The van der Waals surface area contributed by atoms with Gasteiger partial charge < -0.3 is 5.32 Å². The fraction of sp³-hybridized carbons (Fsp3) is 0.684. The Morgan fingerprint density at radius 3 is 2.15 bits per heavy atom. The molecule has 0 aromatic heterocycles. The van der Waals surface area contributed by atoms with Crippen LogP contribution in [0.25, 0.3) is 0 Å². The summed E-state index contributed by atoms with van der Waals surface area (Å²) in [7, 11) is 0. The molecule has 2 aliphatic rings. The highest BCUT2D eigenvalue weighted by atomic mass is 15.0. The third-order valence-corrected chi connectivity index (χ3v) is 5.02. The van der Waals surface area contributed by atoms with Crippen molar-refractivity contribution in [2.24, 2.45) is 10.8 Å². The van der Waals surface area contributed by atoms with Gasteiger partial charge in [0, 0.05) is 18.0 Å². The van der Waals surface area contributed by atoms with Crippen LogP contribution in [0.3, 0.4) is 0 Å². The summed E-state index contributed by atoms with van der Waals surface area (Å²) < 4.78 is 0. The predicted molar refractivity (Wildman–Crippen MR) is 85.9 cm³/mol. The van der Waals surface area contributed by atoms with E-state index in [1.165, 1.54) is 31.2 Å². The first-order valence-corrected chi connectivity index (χ1v) is 8.16. The molecule has 3 rings (SSSR count). The Labute approximate surface area is 124 Å². The minimum absolute atomic E-state index is 0.483. The van der Waals surface area contributed by atoms with Crippen LogP contribution in [0.5, 0.6) is 0 Å². The standard InChI is InChI=1S/C19H29N/c1-18(2)11-15(12-19(3,4)13-18)20-17-10-16(17)14-8-6-5-7-9-14/h5-9,15-17,20H,10-13H2,1-4H3. The molecule has 20 heavy (non-hydrogen) atoms. The van der Waals surface area contributed by atoms with Gasteiger partial charge in [-0.2, -0.15) is 0 Å². The first-order valence-electron chi connectivity index (χ1n) is 8.16. The Morgan fingerprint density at radius 1 is 0.950 bits per heavy atom. The maximum absolute atomic E-state index is 3.95. The molecule has 2 atom stereocenters. The van der Waals surface area contributed by atoms with Gasteiger partial charge in [0.25, 0.3) is 0 Å². The second-order valence-corrected chi connectivity index (χ2v) is 8.64. The van der Waals surface area contributed by atoms with Crippen molar-refractivity contribution in [3.05, 3.63) is 35.9 Å². The van der Waals surface area contributed by atoms with E-state index in [1.807, 2.05) is 0 Å². The molecule has 0 radical (unpaired) electrons. The Bertz CT molecular complexity index is 444. The van der Waals surface area contributed by atoms with Crippen LogP contribution in [-0.2, 0) is 0 Å². The van der Waals surface area contributed by atoms with Gasteiger partial charge >= 0.3 is 0 Å². The van der Waals surface area contributed by atoms with Gasteiger partial charge in [-0.05, 0) is 42.1 Å². The highest BCUT2D eigenvalue weighted by Gasteiger charge is 2.43. The average molecular weight is 271 g/mol. The van der Waals surface area contributed by atoms with Crippen LogP contribution in [-0.4, -0.2) is 12.1 Å². The van der Waals surface area contributed by atoms with Gasteiger partial charge in [-0.25, -0.2) is 0 Å². The van der Waals surface area contributed by atoms with Crippen LogP contribution in [0, 0.1) is 10.8 Å². The smallest absolute Gasteiger partial charge is 0.0145 e. The highest BCUT2D eigenvalue weighted by molar-refractivity contribution is 5.27. The first kappa shape index (κ1) is 14.1. The summed E-state index contributed by atoms with van der Waals surface area (Å²) in [6.45, 7) is 9.74. The summed E-state index contributed by atoms with van der Waals surface area (Å²) in [5.41, 5.74) is 2.48.